The molecular weight excluding hydrogens is 498 g/mol. The number of anilines is 1. The number of aromatic nitrogens is 3. The summed E-state index contributed by atoms with van der Waals surface area (Å²) in [4.78, 5) is 29.6. The molecule has 1 saturated heterocycles. The minimum absolute atomic E-state index is 0.0533. The number of fused-ring (bicyclic) bond motifs is 1. The van der Waals surface area contributed by atoms with Gasteiger partial charge in [-0.2, -0.15) is 0 Å². The van der Waals surface area contributed by atoms with E-state index < -0.39 is 6.04 Å². The normalized spacial score (nSPS) is 15.6. The summed E-state index contributed by atoms with van der Waals surface area (Å²) in [6, 6.07) is 20.7. The highest BCUT2D eigenvalue weighted by molar-refractivity contribution is 6.02. The second-order valence-corrected chi connectivity index (χ2v) is 9.23. The molecule has 4 aromatic rings. The van der Waals surface area contributed by atoms with Crippen LogP contribution in [0.15, 0.2) is 72.8 Å². The van der Waals surface area contributed by atoms with Crippen molar-refractivity contribution in [2.45, 2.75) is 31.5 Å². The molecule has 39 heavy (non-hydrogen) atoms. The van der Waals surface area contributed by atoms with Crippen LogP contribution in [-0.4, -0.2) is 60.3 Å². The van der Waals surface area contributed by atoms with E-state index in [1.54, 1.807) is 49.6 Å². The van der Waals surface area contributed by atoms with E-state index in [4.69, 9.17) is 14.2 Å². The summed E-state index contributed by atoms with van der Waals surface area (Å²) >= 11 is 0. The molecular formula is C29H31N5O5. The Balaban J connectivity index is 1.56. The van der Waals surface area contributed by atoms with Crippen LogP contribution < -0.4 is 19.7 Å². The third-order valence-electron chi connectivity index (χ3n) is 6.78. The molecule has 0 saturated carbocycles. The quantitative estimate of drug-likeness (QED) is 0.335. The number of hydrogen-bond donors (Lipinski definition) is 1. The number of para-hydroxylation sites is 3. The zero-order valence-electron chi connectivity index (χ0n) is 21.9. The van der Waals surface area contributed by atoms with Gasteiger partial charge in [0, 0.05) is 13.2 Å². The zero-order valence-corrected chi connectivity index (χ0v) is 21.9. The minimum atomic E-state index is -1.00. The van der Waals surface area contributed by atoms with Crippen LogP contribution in [0.2, 0.25) is 0 Å². The monoisotopic (exact) mass is 529 g/mol. The van der Waals surface area contributed by atoms with Crippen LogP contribution in [-0.2, 0) is 20.9 Å². The lowest BCUT2D eigenvalue weighted by atomic mass is 10.0. The number of rotatable bonds is 10. The molecule has 10 nitrogen and oxygen atoms in total. The molecule has 1 aromatic heterocycles. The van der Waals surface area contributed by atoms with E-state index in [0.29, 0.717) is 41.4 Å². The number of benzene rings is 3. The summed E-state index contributed by atoms with van der Waals surface area (Å²) in [6.07, 6.45) is 1.78. The van der Waals surface area contributed by atoms with Crippen molar-refractivity contribution in [1.29, 1.82) is 0 Å². The fraction of sp³-hybridized carbons (Fsp3) is 0.310. The Hall–Kier alpha value is -4.44. The van der Waals surface area contributed by atoms with Crippen LogP contribution >= 0.6 is 0 Å². The Morgan fingerprint density at radius 1 is 1.05 bits per heavy atom. The summed E-state index contributed by atoms with van der Waals surface area (Å²) in [5, 5.41) is 11.4. The van der Waals surface area contributed by atoms with Gasteiger partial charge in [0.15, 0.2) is 0 Å². The van der Waals surface area contributed by atoms with E-state index in [-0.39, 0.29) is 24.5 Å². The van der Waals surface area contributed by atoms with Gasteiger partial charge in [-0.05, 0) is 54.8 Å². The first-order valence-corrected chi connectivity index (χ1v) is 12.9. The lowest BCUT2D eigenvalue weighted by Crippen LogP contribution is -2.46. The predicted molar refractivity (Wildman–Crippen MR) is 146 cm³/mol. The SMILES string of the molecule is COc1ccc([C@H](C(=O)NC[C@@H]2CCCO2)N(C(=O)Cn2nnc3ccccc32)c2ccccc2OC)cc1. The maximum atomic E-state index is 14.2. The van der Waals surface area contributed by atoms with Gasteiger partial charge in [0.05, 0.1) is 31.5 Å². The molecule has 2 heterocycles. The average Bonchev–Trinajstić information content (AvgIpc) is 3.65. The van der Waals surface area contributed by atoms with Crippen molar-refractivity contribution in [1.82, 2.24) is 20.3 Å². The van der Waals surface area contributed by atoms with E-state index in [1.807, 2.05) is 30.3 Å². The molecule has 2 atom stereocenters. The molecule has 5 rings (SSSR count). The molecule has 0 spiro atoms. The highest BCUT2D eigenvalue weighted by atomic mass is 16.5. The number of ether oxygens (including phenoxy) is 3. The molecule has 1 N–H and O–H groups in total. The largest absolute Gasteiger partial charge is 0.497 e. The van der Waals surface area contributed by atoms with Crippen LogP contribution in [0.3, 0.4) is 0 Å². The number of carbonyl (C=O) groups is 2. The van der Waals surface area contributed by atoms with Crippen molar-refractivity contribution >= 4 is 28.5 Å². The summed E-state index contributed by atoms with van der Waals surface area (Å²) < 4.78 is 18.2. The lowest BCUT2D eigenvalue weighted by molar-refractivity contribution is -0.127. The fourth-order valence-electron chi connectivity index (χ4n) is 4.80. The standard InChI is InChI=1S/C29H31N5O5/c1-37-21-15-13-20(14-16-21)28(29(36)30-18-22-8-7-17-39-22)34(25-11-5-6-12-26(25)38-2)27(35)19-33-24-10-4-3-9-23(24)31-32-33/h3-6,9-16,22,28H,7-8,17-19H2,1-2H3,(H,30,36)/t22-,28+/m0/s1. The molecule has 202 valence electrons. The van der Waals surface area contributed by atoms with Crippen LogP contribution in [0.25, 0.3) is 11.0 Å². The molecule has 1 fully saturated rings. The van der Waals surface area contributed by atoms with Gasteiger partial charge in [-0.3, -0.25) is 14.5 Å². The molecule has 0 radical (unpaired) electrons. The smallest absolute Gasteiger partial charge is 0.249 e. The van der Waals surface area contributed by atoms with Gasteiger partial charge in [-0.15, -0.1) is 5.10 Å². The summed E-state index contributed by atoms with van der Waals surface area (Å²) in [7, 11) is 3.11. The van der Waals surface area contributed by atoms with E-state index >= 15 is 0 Å². The predicted octanol–water partition coefficient (Wildman–Crippen LogP) is 3.52. The van der Waals surface area contributed by atoms with Gasteiger partial charge in [0.2, 0.25) is 11.8 Å². The van der Waals surface area contributed by atoms with Crippen LogP contribution in [0.4, 0.5) is 5.69 Å². The van der Waals surface area contributed by atoms with E-state index in [9.17, 15) is 9.59 Å². The number of carbonyl (C=O) groups excluding carboxylic acids is 2. The topological polar surface area (TPSA) is 108 Å². The fourth-order valence-corrected chi connectivity index (χ4v) is 4.80. The number of nitrogens with zero attached hydrogens (tertiary/aromatic N) is 4. The van der Waals surface area contributed by atoms with Crippen molar-refractivity contribution in [2.75, 3.05) is 32.3 Å². The van der Waals surface area contributed by atoms with Crippen LogP contribution in [0, 0.1) is 0 Å². The third kappa shape index (κ3) is 5.70. The molecule has 1 aliphatic heterocycles. The molecule has 3 aromatic carbocycles. The highest BCUT2D eigenvalue weighted by Crippen LogP contribution is 2.36. The molecule has 2 amide bonds. The Morgan fingerprint density at radius 3 is 2.56 bits per heavy atom. The third-order valence-corrected chi connectivity index (χ3v) is 6.78. The molecule has 0 aliphatic carbocycles. The number of hydrogen-bond acceptors (Lipinski definition) is 7. The maximum Gasteiger partial charge on any atom is 0.249 e. The minimum Gasteiger partial charge on any atom is -0.497 e. The molecule has 10 heteroatoms. The summed E-state index contributed by atoms with van der Waals surface area (Å²) in [5.41, 5.74) is 2.47. The van der Waals surface area contributed by atoms with Gasteiger partial charge in [-0.1, -0.05) is 41.6 Å². The first-order chi connectivity index (χ1) is 19.1. The van der Waals surface area contributed by atoms with Gasteiger partial charge < -0.3 is 19.5 Å². The van der Waals surface area contributed by atoms with Gasteiger partial charge in [-0.25, -0.2) is 4.68 Å². The van der Waals surface area contributed by atoms with Crippen molar-refractivity contribution in [2.24, 2.45) is 0 Å². The van der Waals surface area contributed by atoms with Crippen LogP contribution in [0.5, 0.6) is 11.5 Å². The van der Waals surface area contributed by atoms with Gasteiger partial charge in [0.25, 0.3) is 0 Å². The number of amides is 2. The van der Waals surface area contributed by atoms with E-state index in [2.05, 4.69) is 15.6 Å². The van der Waals surface area contributed by atoms with Gasteiger partial charge in [0.1, 0.15) is 29.6 Å². The first kappa shape index (κ1) is 26.2. The molecule has 0 bridgehead atoms. The average molecular weight is 530 g/mol. The Bertz CT molecular complexity index is 1430. The Morgan fingerprint density at radius 2 is 1.82 bits per heavy atom. The van der Waals surface area contributed by atoms with Crippen molar-refractivity contribution < 1.29 is 23.8 Å². The van der Waals surface area contributed by atoms with E-state index in [1.165, 1.54) is 16.7 Å². The Kier molecular flexibility index (Phi) is 8.02. The highest BCUT2D eigenvalue weighted by Gasteiger charge is 2.35. The molecule has 0 unspecified atom stereocenters. The lowest BCUT2D eigenvalue weighted by Gasteiger charge is -2.32. The van der Waals surface area contributed by atoms with Crippen molar-refractivity contribution in [3.63, 3.8) is 0 Å². The number of methoxy groups -OCH3 is 2. The Labute approximate surface area is 226 Å². The number of nitrogens with one attached hydrogen (secondary N) is 1. The van der Waals surface area contributed by atoms with E-state index in [0.717, 1.165) is 18.4 Å². The van der Waals surface area contributed by atoms with Gasteiger partial charge >= 0.3 is 0 Å². The second-order valence-electron chi connectivity index (χ2n) is 9.23. The molecule has 1 aliphatic rings. The maximum absolute atomic E-state index is 14.2. The second kappa shape index (κ2) is 12.0. The zero-order chi connectivity index (χ0) is 27.2. The first-order valence-electron chi connectivity index (χ1n) is 12.9. The van der Waals surface area contributed by atoms with Crippen LogP contribution in [0.1, 0.15) is 24.4 Å². The summed E-state index contributed by atoms with van der Waals surface area (Å²) in [5.74, 6) is 0.405. The summed E-state index contributed by atoms with van der Waals surface area (Å²) in [6.45, 7) is 0.900. The van der Waals surface area contributed by atoms with Crippen molar-refractivity contribution in [3.05, 3.63) is 78.4 Å². The van der Waals surface area contributed by atoms with Crippen molar-refractivity contribution in [3.8, 4) is 11.5 Å².